The third-order valence-corrected chi connectivity index (χ3v) is 5.21. The van der Waals surface area contributed by atoms with Crippen molar-refractivity contribution in [1.29, 1.82) is 0 Å². The molecule has 0 aromatic heterocycles. The van der Waals surface area contributed by atoms with E-state index in [0.717, 1.165) is 37.8 Å². The van der Waals surface area contributed by atoms with E-state index in [-0.39, 0.29) is 17.4 Å². The molecule has 4 nitrogen and oxygen atoms in total. The van der Waals surface area contributed by atoms with Crippen molar-refractivity contribution in [2.75, 3.05) is 26.2 Å². The third kappa shape index (κ3) is 4.17. The minimum Gasteiger partial charge on any atom is -0.341 e. The van der Waals surface area contributed by atoms with Crippen molar-refractivity contribution in [3.63, 3.8) is 0 Å². The maximum Gasteiger partial charge on any atom is 0.256 e. The first kappa shape index (κ1) is 17.8. The van der Waals surface area contributed by atoms with Gasteiger partial charge in [0.1, 0.15) is 11.6 Å². The predicted molar refractivity (Wildman–Crippen MR) is 90.0 cm³/mol. The average Bonchev–Trinajstić information content (AvgIpc) is 2.87. The van der Waals surface area contributed by atoms with Crippen LogP contribution in [0.3, 0.4) is 0 Å². The molecule has 1 aliphatic carbocycles. The Morgan fingerprint density at radius 2 is 1.56 bits per heavy atom. The van der Waals surface area contributed by atoms with E-state index in [4.69, 9.17) is 0 Å². The van der Waals surface area contributed by atoms with Crippen molar-refractivity contribution in [2.24, 2.45) is 5.92 Å². The Labute approximate surface area is 146 Å². The van der Waals surface area contributed by atoms with Gasteiger partial charge in [-0.2, -0.15) is 0 Å². The highest BCUT2D eigenvalue weighted by molar-refractivity contribution is 5.94. The van der Waals surface area contributed by atoms with Gasteiger partial charge >= 0.3 is 0 Å². The van der Waals surface area contributed by atoms with Crippen molar-refractivity contribution >= 4 is 11.8 Å². The molecule has 0 N–H and O–H groups in total. The van der Waals surface area contributed by atoms with Crippen LogP contribution < -0.4 is 0 Å². The molecular formula is C19H24F2N2O2. The lowest BCUT2D eigenvalue weighted by Crippen LogP contribution is -2.40. The van der Waals surface area contributed by atoms with Crippen LogP contribution in [-0.2, 0) is 4.79 Å². The Bertz CT molecular complexity index is 644. The molecule has 2 fully saturated rings. The molecule has 2 aliphatic rings. The minimum atomic E-state index is -0.843. The summed E-state index contributed by atoms with van der Waals surface area (Å²) in [5.74, 6) is -1.67. The fourth-order valence-corrected chi connectivity index (χ4v) is 3.78. The van der Waals surface area contributed by atoms with Crippen LogP contribution in [0.25, 0.3) is 0 Å². The highest BCUT2D eigenvalue weighted by Crippen LogP contribution is 2.26. The summed E-state index contributed by atoms with van der Waals surface area (Å²) in [4.78, 5) is 28.6. The van der Waals surface area contributed by atoms with Crippen molar-refractivity contribution in [3.8, 4) is 0 Å². The van der Waals surface area contributed by atoms with Gasteiger partial charge in [0.15, 0.2) is 0 Å². The van der Waals surface area contributed by atoms with Crippen LogP contribution >= 0.6 is 0 Å². The van der Waals surface area contributed by atoms with Gasteiger partial charge in [0.25, 0.3) is 5.91 Å². The van der Waals surface area contributed by atoms with E-state index in [1.807, 2.05) is 4.90 Å². The van der Waals surface area contributed by atoms with Crippen LogP contribution in [-0.4, -0.2) is 47.8 Å². The summed E-state index contributed by atoms with van der Waals surface area (Å²) >= 11 is 0. The van der Waals surface area contributed by atoms with Crippen molar-refractivity contribution < 1.29 is 18.4 Å². The molecule has 136 valence electrons. The average molecular weight is 350 g/mol. The molecule has 3 rings (SSSR count). The van der Waals surface area contributed by atoms with Gasteiger partial charge in [-0.05, 0) is 31.4 Å². The van der Waals surface area contributed by atoms with E-state index < -0.39 is 17.5 Å². The molecule has 0 spiro atoms. The van der Waals surface area contributed by atoms with Gasteiger partial charge in [-0.25, -0.2) is 8.78 Å². The van der Waals surface area contributed by atoms with E-state index in [9.17, 15) is 18.4 Å². The number of carbonyl (C=O) groups excluding carboxylic acids is 2. The molecule has 1 aromatic carbocycles. The van der Waals surface area contributed by atoms with Crippen LogP contribution in [0.1, 0.15) is 48.9 Å². The third-order valence-electron chi connectivity index (χ3n) is 5.21. The Kier molecular flexibility index (Phi) is 5.66. The predicted octanol–water partition coefficient (Wildman–Crippen LogP) is 3.22. The molecule has 0 bridgehead atoms. The highest BCUT2D eigenvalue weighted by atomic mass is 19.1. The molecular weight excluding hydrogens is 326 g/mol. The van der Waals surface area contributed by atoms with Gasteiger partial charge < -0.3 is 9.80 Å². The lowest BCUT2D eigenvalue weighted by Gasteiger charge is -2.28. The summed E-state index contributed by atoms with van der Waals surface area (Å²) in [6.45, 7) is 1.97. The maximum atomic E-state index is 13.9. The minimum absolute atomic E-state index is 0.116. The van der Waals surface area contributed by atoms with Crippen LogP contribution in [0.4, 0.5) is 8.78 Å². The zero-order valence-corrected chi connectivity index (χ0v) is 14.3. The standard InChI is InChI=1S/C19H24F2N2O2/c20-15-7-8-16(17(21)13-15)19(25)23-10-4-9-22(11-12-23)18(24)14-5-2-1-3-6-14/h7-8,13-14H,1-6,9-12H2. The smallest absolute Gasteiger partial charge is 0.256 e. The molecule has 0 atom stereocenters. The fraction of sp³-hybridized carbons (Fsp3) is 0.579. The second kappa shape index (κ2) is 7.93. The van der Waals surface area contributed by atoms with Crippen LogP contribution in [0.2, 0.25) is 0 Å². The first-order valence-electron chi connectivity index (χ1n) is 9.09. The van der Waals surface area contributed by atoms with Crippen LogP contribution in [0.5, 0.6) is 0 Å². The summed E-state index contributed by atoms with van der Waals surface area (Å²) in [5, 5.41) is 0. The number of benzene rings is 1. The molecule has 6 heteroatoms. The molecule has 0 radical (unpaired) electrons. The topological polar surface area (TPSA) is 40.6 Å². The van der Waals surface area contributed by atoms with Gasteiger partial charge in [0, 0.05) is 38.2 Å². The summed E-state index contributed by atoms with van der Waals surface area (Å²) in [6, 6.07) is 3.00. The zero-order chi connectivity index (χ0) is 17.8. The molecule has 1 heterocycles. The van der Waals surface area contributed by atoms with Gasteiger partial charge in [0.05, 0.1) is 5.56 Å². The number of carbonyl (C=O) groups is 2. The van der Waals surface area contributed by atoms with Gasteiger partial charge in [-0.15, -0.1) is 0 Å². The van der Waals surface area contributed by atoms with Crippen LogP contribution in [0, 0.1) is 17.6 Å². The Morgan fingerprint density at radius 3 is 2.28 bits per heavy atom. The summed E-state index contributed by atoms with van der Waals surface area (Å²) in [5.41, 5.74) is -0.117. The molecule has 25 heavy (non-hydrogen) atoms. The summed E-state index contributed by atoms with van der Waals surface area (Å²) < 4.78 is 26.9. The van der Waals surface area contributed by atoms with Gasteiger partial charge in [0.2, 0.25) is 5.91 Å². The lowest BCUT2D eigenvalue weighted by molar-refractivity contribution is -0.136. The van der Waals surface area contributed by atoms with Crippen molar-refractivity contribution in [3.05, 3.63) is 35.4 Å². The quantitative estimate of drug-likeness (QED) is 0.822. The van der Waals surface area contributed by atoms with Gasteiger partial charge in [-0.3, -0.25) is 9.59 Å². The van der Waals surface area contributed by atoms with E-state index in [1.54, 1.807) is 4.90 Å². The SMILES string of the molecule is O=C(c1ccc(F)cc1F)N1CCCN(C(=O)C2CCCCC2)CC1. The number of hydrogen-bond donors (Lipinski definition) is 0. The number of halogens is 2. The monoisotopic (exact) mass is 350 g/mol. The number of amides is 2. The molecule has 1 saturated heterocycles. The fourth-order valence-electron chi connectivity index (χ4n) is 3.78. The molecule has 0 unspecified atom stereocenters. The first-order chi connectivity index (χ1) is 12.1. The van der Waals surface area contributed by atoms with E-state index >= 15 is 0 Å². The van der Waals surface area contributed by atoms with Crippen molar-refractivity contribution in [1.82, 2.24) is 9.80 Å². The van der Waals surface area contributed by atoms with Crippen molar-refractivity contribution in [2.45, 2.75) is 38.5 Å². The normalized spacial score (nSPS) is 19.6. The van der Waals surface area contributed by atoms with Crippen LogP contribution in [0.15, 0.2) is 18.2 Å². The Balaban J connectivity index is 1.62. The molecule has 1 saturated carbocycles. The summed E-state index contributed by atoms with van der Waals surface area (Å²) in [6.07, 6.45) is 6.01. The second-order valence-electron chi connectivity index (χ2n) is 6.93. The number of nitrogens with zero attached hydrogens (tertiary/aromatic N) is 2. The number of hydrogen-bond acceptors (Lipinski definition) is 2. The molecule has 2 amide bonds. The Hall–Kier alpha value is -1.98. The highest BCUT2D eigenvalue weighted by Gasteiger charge is 2.29. The summed E-state index contributed by atoms with van der Waals surface area (Å²) in [7, 11) is 0. The zero-order valence-electron chi connectivity index (χ0n) is 14.3. The Morgan fingerprint density at radius 1 is 0.880 bits per heavy atom. The lowest BCUT2D eigenvalue weighted by atomic mass is 9.88. The molecule has 1 aliphatic heterocycles. The van der Waals surface area contributed by atoms with Gasteiger partial charge in [-0.1, -0.05) is 19.3 Å². The second-order valence-corrected chi connectivity index (χ2v) is 6.93. The maximum absolute atomic E-state index is 13.9. The first-order valence-corrected chi connectivity index (χ1v) is 9.09. The molecule has 1 aromatic rings. The van der Waals surface area contributed by atoms with E-state index in [1.165, 1.54) is 12.5 Å². The number of rotatable bonds is 2. The largest absolute Gasteiger partial charge is 0.341 e. The van der Waals surface area contributed by atoms with E-state index in [2.05, 4.69) is 0 Å². The van der Waals surface area contributed by atoms with E-state index in [0.29, 0.717) is 32.6 Å².